The second-order valence-corrected chi connectivity index (χ2v) is 6.41. The summed E-state index contributed by atoms with van der Waals surface area (Å²) in [5, 5.41) is 0.736. The number of amides is 1. The van der Waals surface area contributed by atoms with Crippen LogP contribution in [0.3, 0.4) is 0 Å². The van der Waals surface area contributed by atoms with Gasteiger partial charge in [0.15, 0.2) is 5.16 Å². The van der Waals surface area contributed by atoms with Crippen LogP contribution in [-0.4, -0.2) is 40.7 Å². The van der Waals surface area contributed by atoms with E-state index in [0.717, 1.165) is 27.5 Å². The Labute approximate surface area is 145 Å². The molecule has 0 fully saturated rings. The standard InChI is InChI=1S/C18H19N3O2S/c1-21(11-13-6-4-3-5-7-13)17(22)12-24-18-19-15-9-8-14(23-2)10-16(15)20-18/h3-10H,11-12H2,1-2H3,(H,19,20). The molecule has 0 aliphatic rings. The highest BCUT2D eigenvalue weighted by atomic mass is 32.2. The molecule has 0 radical (unpaired) electrons. The van der Waals surface area contributed by atoms with Crippen LogP contribution < -0.4 is 4.74 Å². The van der Waals surface area contributed by atoms with Crippen molar-refractivity contribution in [1.82, 2.24) is 14.9 Å². The number of nitrogens with zero attached hydrogens (tertiary/aromatic N) is 2. The van der Waals surface area contributed by atoms with E-state index in [1.54, 1.807) is 12.0 Å². The van der Waals surface area contributed by atoms with E-state index in [2.05, 4.69) is 9.97 Å². The fourth-order valence-corrected chi connectivity index (χ4v) is 3.17. The Bertz CT molecular complexity index is 833. The van der Waals surface area contributed by atoms with E-state index in [0.29, 0.717) is 12.3 Å². The van der Waals surface area contributed by atoms with Crippen molar-refractivity contribution in [2.75, 3.05) is 19.9 Å². The van der Waals surface area contributed by atoms with Crippen LogP contribution in [0.25, 0.3) is 11.0 Å². The predicted octanol–water partition coefficient (Wildman–Crippen LogP) is 3.32. The number of nitrogens with one attached hydrogen (secondary N) is 1. The normalized spacial score (nSPS) is 10.8. The van der Waals surface area contributed by atoms with Crippen molar-refractivity contribution in [3.8, 4) is 5.75 Å². The lowest BCUT2D eigenvalue weighted by atomic mass is 10.2. The topological polar surface area (TPSA) is 58.2 Å². The van der Waals surface area contributed by atoms with Crippen LogP contribution in [0.5, 0.6) is 5.75 Å². The van der Waals surface area contributed by atoms with Gasteiger partial charge in [-0.3, -0.25) is 4.79 Å². The van der Waals surface area contributed by atoms with E-state index in [1.165, 1.54) is 11.8 Å². The van der Waals surface area contributed by atoms with Crippen molar-refractivity contribution >= 4 is 28.7 Å². The SMILES string of the molecule is COc1ccc2nc(SCC(=O)N(C)Cc3ccccc3)[nH]c2c1. The fourth-order valence-electron chi connectivity index (χ4n) is 2.35. The van der Waals surface area contributed by atoms with Crippen molar-refractivity contribution in [1.29, 1.82) is 0 Å². The number of imidazole rings is 1. The van der Waals surface area contributed by atoms with E-state index in [9.17, 15) is 4.79 Å². The lowest BCUT2D eigenvalue weighted by Crippen LogP contribution is -2.27. The molecular formula is C18H19N3O2S. The molecule has 0 atom stereocenters. The van der Waals surface area contributed by atoms with Gasteiger partial charge < -0.3 is 14.6 Å². The van der Waals surface area contributed by atoms with E-state index < -0.39 is 0 Å². The van der Waals surface area contributed by atoms with E-state index >= 15 is 0 Å². The van der Waals surface area contributed by atoms with Gasteiger partial charge in [-0.25, -0.2) is 4.98 Å². The highest BCUT2D eigenvalue weighted by molar-refractivity contribution is 7.99. The Morgan fingerprint density at radius 1 is 1.25 bits per heavy atom. The molecule has 0 bridgehead atoms. The molecule has 0 aliphatic carbocycles. The highest BCUT2D eigenvalue weighted by Gasteiger charge is 2.12. The molecule has 0 unspecified atom stereocenters. The fraction of sp³-hybridized carbons (Fsp3) is 0.222. The molecule has 1 amide bonds. The summed E-state index contributed by atoms with van der Waals surface area (Å²) < 4.78 is 5.20. The van der Waals surface area contributed by atoms with Crippen molar-refractivity contribution in [3.05, 3.63) is 54.1 Å². The Hall–Kier alpha value is -2.47. The highest BCUT2D eigenvalue weighted by Crippen LogP contribution is 2.23. The minimum atomic E-state index is 0.0712. The molecule has 3 rings (SSSR count). The number of hydrogen-bond acceptors (Lipinski definition) is 4. The third-order valence-corrected chi connectivity index (χ3v) is 4.55. The number of benzene rings is 2. The number of ether oxygens (including phenoxy) is 1. The van der Waals surface area contributed by atoms with E-state index in [-0.39, 0.29) is 5.91 Å². The second kappa shape index (κ2) is 7.40. The first-order valence-corrected chi connectivity index (χ1v) is 8.58. The number of thioether (sulfide) groups is 1. The number of fused-ring (bicyclic) bond motifs is 1. The van der Waals surface area contributed by atoms with E-state index in [4.69, 9.17) is 4.74 Å². The van der Waals surface area contributed by atoms with Gasteiger partial charge in [0.05, 0.1) is 23.9 Å². The monoisotopic (exact) mass is 341 g/mol. The summed E-state index contributed by atoms with van der Waals surface area (Å²) in [5.74, 6) is 1.20. The molecule has 0 aliphatic heterocycles. The zero-order valence-corrected chi connectivity index (χ0v) is 14.5. The summed E-state index contributed by atoms with van der Waals surface area (Å²) in [5.41, 5.74) is 2.89. The zero-order chi connectivity index (χ0) is 16.9. The molecule has 1 heterocycles. The Balaban J connectivity index is 1.59. The summed E-state index contributed by atoms with van der Waals surface area (Å²) in [6.45, 7) is 0.609. The van der Waals surface area contributed by atoms with Crippen LogP contribution in [0.4, 0.5) is 0 Å². The van der Waals surface area contributed by atoms with Crippen LogP contribution in [0, 0.1) is 0 Å². The molecule has 6 heteroatoms. The Morgan fingerprint density at radius 3 is 2.79 bits per heavy atom. The average molecular weight is 341 g/mol. The third kappa shape index (κ3) is 3.89. The van der Waals surface area contributed by atoms with Crippen molar-refractivity contribution in [2.45, 2.75) is 11.7 Å². The van der Waals surface area contributed by atoms with Gasteiger partial charge in [0, 0.05) is 19.7 Å². The largest absolute Gasteiger partial charge is 0.497 e. The third-order valence-electron chi connectivity index (χ3n) is 3.69. The minimum Gasteiger partial charge on any atom is -0.497 e. The maximum Gasteiger partial charge on any atom is 0.233 e. The molecular weight excluding hydrogens is 322 g/mol. The van der Waals surface area contributed by atoms with Crippen molar-refractivity contribution in [2.24, 2.45) is 0 Å². The summed E-state index contributed by atoms with van der Waals surface area (Å²) in [6, 6.07) is 15.6. The first kappa shape index (κ1) is 16.4. The van der Waals surface area contributed by atoms with Gasteiger partial charge in [-0.05, 0) is 17.7 Å². The van der Waals surface area contributed by atoms with Crippen LogP contribution in [0.1, 0.15) is 5.56 Å². The quantitative estimate of drug-likeness (QED) is 0.699. The summed E-state index contributed by atoms with van der Waals surface area (Å²) in [6.07, 6.45) is 0. The first-order chi connectivity index (χ1) is 11.7. The van der Waals surface area contributed by atoms with E-state index in [1.807, 2.05) is 55.6 Å². The van der Waals surface area contributed by atoms with Crippen LogP contribution >= 0.6 is 11.8 Å². The number of methoxy groups -OCH3 is 1. The van der Waals surface area contributed by atoms with Gasteiger partial charge in [0.25, 0.3) is 0 Å². The molecule has 2 aromatic carbocycles. The number of carbonyl (C=O) groups is 1. The Kier molecular flexibility index (Phi) is 5.05. The molecule has 0 saturated carbocycles. The number of hydrogen-bond donors (Lipinski definition) is 1. The summed E-state index contributed by atoms with van der Waals surface area (Å²) in [4.78, 5) is 21.7. The molecule has 1 aromatic heterocycles. The molecule has 24 heavy (non-hydrogen) atoms. The average Bonchev–Trinajstić information content (AvgIpc) is 3.02. The van der Waals surface area contributed by atoms with Crippen LogP contribution in [-0.2, 0) is 11.3 Å². The minimum absolute atomic E-state index is 0.0712. The Morgan fingerprint density at radius 2 is 2.04 bits per heavy atom. The van der Waals surface area contributed by atoms with Crippen LogP contribution in [0.2, 0.25) is 0 Å². The van der Waals surface area contributed by atoms with Gasteiger partial charge in [0.1, 0.15) is 5.75 Å². The molecule has 124 valence electrons. The molecule has 0 saturated heterocycles. The maximum atomic E-state index is 12.3. The first-order valence-electron chi connectivity index (χ1n) is 7.60. The number of aromatic amines is 1. The lowest BCUT2D eigenvalue weighted by Gasteiger charge is -2.16. The van der Waals surface area contributed by atoms with Crippen molar-refractivity contribution < 1.29 is 9.53 Å². The smallest absolute Gasteiger partial charge is 0.233 e. The van der Waals surface area contributed by atoms with Crippen molar-refractivity contribution in [3.63, 3.8) is 0 Å². The van der Waals surface area contributed by atoms with Gasteiger partial charge in [-0.15, -0.1) is 0 Å². The number of H-pyrrole nitrogens is 1. The number of rotatable bonds is 6. The predicted molar refractivity (Wildman–Crippen MR) is 96.3 cm³/mol. The van der Waals surface area contributed by atoms with Gasteiger partial charge in [-0.1, -0.05) is 42.1 Å². The number of aromatic nitrogens is 2. The summed E-state index contributed by atoms with van der Waals surface area (Å²) in [7, 11) is 3.45. The number of carbonyl (C=O) groups excluding carboxylic acids is 1. The maximum absolute atomic E-state index is 12.3. The molecule has 0 spiro atoms. The van der Waals surface area contributed by atoms with Gasteiger partial charge in [0.2, 0.25) is 5.91 Å². The van der Waals surface area contributed by atoms with Gasteiger partial charge >= 0.3 is 0 Å². The van der Waals surface area contributed by atoms with Crippen LogP contribution in [0.15, 0.2) is 53.7 Å². The molecule has 1 N–H and O–H groups in total. The lowest BCUT2D eigenvalue weighted by molar-refractivity contribution is -0.127. The zero-order valence-electron chi connectivity index (χ0n) is 13.7. The summed E-state index contributed by atoms with van der Waals surface area (Å²) >= 11 is 1.41. The molecule has 5 nitrogen and oxygen atoms in total. The second-order valence-electron chi connectivity index (χ2n) is 5.45. The molecule has 3 aromatic rings. The van der Waals surface area contributed by atoms with Gasteiger partial charge in [-0.2, -0.15) is 0 Å².